The van der Waals surface area contributed by atoms with Gasteiger partial charge in [0.2, 0.25) is 5.95 Å². The Kier molecular flexibility index (Phi) is 3.29. The minimum absolute atomic E-state index is 0.0274. The molecule has 1 aliphatic rings. The zero-order chi connectivity index (χ0) is 13.4. The van der Waals surface area contributed by atoms with Crippen LogP contribution in [0.3, 0.4) is 0 Å². The van der Waals surface area contributed by atoms with Crippen molar-refractivity contribution in [3.8, 4) is 0 Å². The van der Waals surface area contributed by atoms with Gasteiger partial charge in [-0.3, -0.25) is 0 Å². The zero-order valence-electron chi connectivity index (χ0n) is 11.5. The highest BCUT2D eigenvalue weighted by molar-refractivity contribution is 5.32. The van der Waals surface area contributed by atoms with Crippen molar-refractivity contribution in [3.05, 3.63) is 18.0 Å². The monoisotopic (exact) mass is 251 g/mol. The maximum Gasteiger partial charge on any atom is 0.225 e. The summed E-state index contributed by atoms with van der Waals surface area (Å²) in [4.78, 5) is 10.7. The zero-order valence-corrected chi connectivity index (χ0v) is 11.5. The van der Waals surface area contributed by atoms with Gasteiger partial charge in [0, 0.05) is 31.0 Å². The molecule has 1 saturated heterocycles. The number of aliphatic hydroxyl groups excluding tert-OH is 1. The van der Waals surface area contributed by atoms with Gasteiger partial charge in [-0.15, -0.1) is 0 Å². The number of anilines is 1. The molecule has 100 valence electrons. The normalized spacial score (nSPS) is 21.9. The van der Waals surface area contributed by atoms with Crippen molar-refractivity contribution in [1.82, 2.24) is 9.97 Å². The lowest BCUT2D eigenvalue weighted by atomic mass is 9.99. The number of rotatable bonds is 2. The van der Waals surface area contributed by atoms with Gasteiger partial charge in [0.1, 0.15) is 0 Å². The maximum atomic E-state index is 8.99. The average Bonchev–Trinajstić information content (AvgIpc) is 2.25. The van der Waals surface area contributed by atoms with Crippen LogP contribution in [0.5, 0.6) is 0 Å². The fourth-order valence-corrected chi connectivity index (χ4v) is 2.52. The first-order chi connectivity index (χ1) is 8.31. The van der Waals surface area contributed by atoms with Crippen LogP contribution in [-0.2, 0) is 11.3 Å². The highest BCUT2D eigenvalue weighted by Crippen LogP contribution is 2.29. The van der Waals surface area contributed by atoms with E-state index in [1.54, 1.807) is 12.4 Å². The van der Waals surface area contributed by atoms with Crippen LogP contribution in [0.4, 0.5) is 5.95 Å². The number of ether oxygens (including phenoxy) is 1. The molecule has 0 unspecified atom stereocenters. The summed E-state index contributed by atoms with van der Waals surface area (Å²) in [5.41, 5.74) is 0.284. The van der Waals surface area contributed by atoms with Gasteiger partial charge >= 0.3 is 0 Å². The molecule has 18 heavy (non-hydrogen) atoms. The standard InChI is InChI=1S/C13H21N3O2/c1-12(2)8-16(9-13(3,4)18-12)11-14-5-10(7-17)6-15-11/h5-6,17H,7-9H2,1-4H3. The van der Waals surface area contributed by atoms with E-state index >= 15 is 0 Å². The number of aliphatic hydroxyl groups is 1. The van der Waals surface area contributed by atoms with Gasteiger partial charge in [0.15, 0.2) is 0 Å². The van der Waals surface area contributed by atoms with E-state index in [0.717, 1.165) is 18.7 Å². The molecule has 0 radical (unpaired) electrons. The molecular formula is C13H21N3O2. The molecule has 1 N–H and O–H groups in total. The van der Waals surface area contributed by atoms with Crippen molar-refractivity contribution >= 4 is 5.95 Å². The molecule has 2 heterocycles. The number of hydrogen-bond acceptors (Lipinski definition) is 5. The number of nitrogens with zero attached hydrogens (tertiary/aromatic N) is 3. The fraction of sp³-hybridized carbons (Fsp3) is 0.692. The van der Waals surface area contributed by atoms with E-state index in [2.05, 4.69) is 42.6 Å². The second-order valence-electron chi connectivity index (χ2n) is 6.03. The van der Waals surface area contributed by atoms with Gasteiger partial charge in [0.25, 0.3) is 0 Å². The Morgan fingerprint density at radius 2 is 1.67 bits per heavy atom. The Morgan fingerprint density at radius 1 is 1.17 bits per heavy atom. The summed E-state index contributed by atoms with van der Waals surface area (Å²) in [6.07, 6.45) is 3.33. The third kappa shape index (κ3) is 2.97. The van der Waals surface area contributed by atoms with Crippen molar-refractivity contribution < 1.29 is 9.84 Å². The van der Waals surface area contributed by atoms with Crippen molar-refractivity contribution in [3.63, 3.8) is 0 Å². The van der Waals surface area contributed by atoms with Gasteiger partial charge < -0.3 is 14.7 Å². The van der Waals surface area contributed by atoms with Crippen LogP contribution in [0.25, 0.3) is 0 Å². The minimum Gasteiger partial charge on any atom is -0.392 e. The summed E-state index contributed by atoms with van der Waals surface area (Å²) in [6.45, 7) is 9.78. The summed E-state index contributed by atoms with van der Waals surface area (Å²) >= 11 is 0. The molecule has 5 nitrogen and oxygen atoms in total. The predicted molar refractivity (Wildman–Crippen MR) is 69.4 cm³/mol. The van der Waals surface area contributed by atoms with Crippen LogP contribution in [-0.4, -0.2) is 39.4 Å². The molecule has 1 fully saturated rings. The van der Waals surface area contributed by atoms with Crippen molar-refractivity contribution in [2.75, 3.05) is 18.0 Å². The Labute approximate surface area is 108 Å². The quantitative estimate of drug-likeness (QED) is 0.860. The van der Waals surface area contributed by atoms with Crippen LogP contribution < -0.4 is 4.90 Å². The molecule has 0 amide bonds. The third-order valence-electron chi connectivity index (χ3n) is 2.85. The largest absolute Gasteiger partial charge is 0.392 e. The van der Waals surface area contributed by atoms with Gasteiger partial charge in [-0.2, -0.15) is 0 Å². The summed E-state index contributed by atoms with van der Waals surface area (Å²) < 4.78 is 6.02. The highest BCUT2D eigenvalue weighted by Gasteiger charge is 2.38. The lowest BCUT2D eigenvalue weighted by molar-refractivity contribution is -0.133. The topological polar surface area (TPSA) is 58.5 Å². The second kappa shape index (κ2) is 4.48. The SMILES string of the molecule is CC1(C)CN(c2ncc(CO)cn2)CC(C)(C)O1. The van der Waals surface area contributed by atoms with E-state index in [1.165, 1.54) is 0 Å². The first-order valence-corrected chi connectivity index (χ1v) is 6.18. The summed E-state index contributed by atoms with van der Waals surface area (Å²) in [5.74, 6) is 0.691. The molecule has 1 aliphatic heterocycles. The lowest BCUT2D eigenvalue weighted by Crippen LogP contribution is -2.57. The van der Waals surface area contributed by atoms with Crippen molar-refractivity contribution in [2.24, 2.45) is 0 Å². The van der Waals surface area contributed by atoms with Gasteiger partial charge in [0.05, 0.1) is 17.8 Å². The Morgan fingerprint density at radius 3 is 2.11 bits per heavy atom. The molecule has 5 heteroatoms. The Hall–Kier alpha value is -1.20. The van der Waals surface area contributed by atoms with Gasteiger partial charge in [-0.05, 0) is 27.7 Å². The molecular weight excluding hydrogens is 230 g/mol. The molecule has 2 rings (SSSR count). The van der Waals surface area contributed by atoms with Gasteiger partial charge in [-0.25, -0.2) is 9.97 Å². The van der Waals surface area contributed by atoms with E-state index in [-0.39, 0.29) is 17.8 Å². The molecule has 0 spiro atoms. The number of hydrogen-bond donors (Lipinski definition) is 1. The van der Waals surface area contributed by atoms with E-state index in [9.17, 15) is 0 Å². The minimum atomic E-state index is -0.221. The molecule has 0 saturated carbocycles. The van der Waals surface area contributed by atoms with Crippen LogP contribution in [0.1, 0.15) is 33.3 Å². The van der Waals surface area contributed by atoms with E-state index in [0.29, 0.717) is 5.95 Å². The molecule has 0 aliphatic carbocycles. The maximum absolute atomic E-state index is 8.99. The molecule has 0 atom stereocenters. The number of aromatic nitrogens is 2. The average molecular weight is 251 g/mol. The third-order valence-corrected chi connectivity index (χ3v) is 2.85. The summed E-state index contributed by atoms with van der Waals surface area (Å²) in [7, 11) is 0. The Balaban J connectivity index is 2.21. The predicted octanol–water partition coefficient (Wildman–Crippen LogP) is 1.36. The highest BCUT2D eigenvalue weighted by atomic mass is 16.5. The molecule has 0 bridgehead atoms. The van der Waals surface area contributed by atoms with E-state index in [1.807, 2.05) is 0 Å². The lowest BCUT2D eigenvalue weighted by Gasteiger charge is -2.47. The second-order valence-corrected chi connectivity index (χ2v) is 6.03. The van der Waals surface area contributed by atoms with Crippen LogP contribution in [0.2, 0.25) is 0 Å². The molecule has 1 aromatic rings. The van der Waals surface area contributed by atoms with E-state index < -0.39 is 0 Å². The fourth-order valence-electron chi connectivity index (χ4n) is 2.52. The Bertz CT molecular complexity index is 399. The summed E-state index contributed by atoms with van der Waals surface area (Å²) in [5, 5.41) is 8.99. The van der Waals surface area contributed by atoms with Gasteiger partial charge in [-0.1, -0.05) is 0 Å². The summed E-state index contributed by atoms with van der Waals surface area (Å²) in [6, 6.07) is 0. The van der Waals surface area contributed by atoms with Crippen LogP contribution in [0, 0.1) is 0 Å². The van der Waals surface area contributed by atoms with Crippen molar-refractivity contribution in [1.29, 1.82) is 0 Å². The van der Waals surface area contributed by atoms with Crippen molar-refractivity contribution in [2.45, 2.75) is 45.5 Å². The molecule has 0 aromatic carbocycles. The first kappa shape index (κ1) is 13.2. The molecule has 1 aromatic heterocycles. The smallest absolute Gasteiger partial charge is 0.225 e. The van der Waals surface area contributed by atoms with Crippen LogP contribution in [0.15, 0.2) is 12.4 Å². The van der Waals surface area contributed by atoms with Crippen LogP contribution >= 0.6 is 0 Å². The number of morpholine rings is 1. The van der Waals surface area contributed by atoms with E-state index in [4.69, 9.17) is 9.84 Å². The first-order valence-electron chi connectivity index (χ1n) is 6.18.